The Balaban J connectivity index is 1.65. The molecule has 0 bridgehead atoms. The normalized spacial score (nSPS) is 15.0. The van der Waals surface area contributed by atoms with Crippen LogP contribution in [-0.4, -0.2) is 33.3 Å². The number of methoxy groups -OCH3 is 1. The van der Waals surface area contributed by atoms with Crippen LogP contribution in [-0.2, 0) is 4.79 Å². The molecule has 1 aliphatic heterocycles. The molecule has 2 N–H and O–H groups in total. The Morgan fingerprint density at radius 2 is 1.83 bits per heavy atom. The van der Waals surface area contributed by atoms with Crippen LogP contribution in [0.5, 0.6) is 23.0 Å². The maximum Gasteiger partial charge on any atom is 0.312 e. The highest BCUT2D eigenvalue weighted by Gasteiger charge is 2.34. The highest BCUT2D eigenvalue weighted by atomic mass is 16.5. The van der Waals surface area contributed by atoms with Crippen LogP contribution in [0.4, 0.5) is 0 Å². The van der Waals surface area contributed by atoms with Crippen LogP contribution >= 0.6 is 0 Å². The third kappa shape index (κ3) is 3.32. The molecule has 9 nitrogen and oxygen atoms in total. The fourth-order valence-corrected chi connectivity index (χ4v) is 4.71. The first-order valence-corrected chi connectivity index (χ1v) is 11.1. The number of hydrogen-bond donors (Lipinski definition) is 2. The third-order valence-electron chi connectivity index (χ3n) is 6.29. The lowest BCUT2D eigenvalue weighted by Gasteiger charge is -2.26. The van der Waals surface area contributed by atoms with Crippen molar-refractivity contribution in [3.63, 3.8) is 0 Å². The molecule has 0 amide bonds. The summed E-state index contributed by atoms with van der Waals surface area (Å²) in [6.45, 7) is 0. The van der Waals surface area contributed by atoms with Gasteiger partial charge in [-0.15, -0.1) is 0 Å². The number of phenols is 2. The van der Waals surface area contributed by atoms with Crippen LogP contribution in [0.15, 0.2) is 70.1 Å². The van der Waals surface area contributed by atoms with Crippen LogP contribution in [0.3, 0.4) is 0 Å². The number of hydrogen-bond acceptors (Lipinski definition) is 9. The number of aromatic nitrogens is 2. The Kier molecular flexibility index (Phi) is 4.85. The van der Waals surface area contributed by atoms with E-state index in [0.29, 0.717) is 27.7 Å². The Morgan fingerprint density at radius 1 is 1.00 bits per heavy atom. The van der Waals surface area contributed by atoms with Crippen LogP contribution in [0, 0.1) is 0 Å². The molecule has 0 fully saturated rings. The summed E-state index contributed by atoms with van der Waals surface area (Å²) in [5.41, 5.74) is 2.42. The van der Waals surface area contributed by atoms with Gasteiger partial charge in [0.15, 0.2) is 16.9 Å². The van der Waals surface area contributed by atoms with Gasteiger partial charge < -0.3 is 24.1 Å². The summed E-state index contributed by atoms with van der Waals surface area (Å²) in [4.78, 5) is 34.6. The van der Waals surface area contributed by atoms with Gasteiger partial charge in [-0.25, -0.2) is 0 Å². The Labute approximate surface area is 203 Å². The predicted molar refractivity (Wildman–Crippen MR) is 129 cm³/mol. The zero-order valence-corrected chi connectivity index (χ0v) is 18.9. The molecule has 0 saturated carbocycles. The van der Waals surface area contributed by atoms with E-state index >= 15 is 0 Å². The number of para-hydroxylation sites is 1. The minimum atomic E-state index is -0.576. The van der Waals surface area contributed by atoms with E-state index in [9.17, 15) is 19.8 Å². The molecule has 0 radical (unpaired) electrons. The van der Waals surface area contributed by atoms with E-state index in [1.807, 2.05) is 18.2 Å². The van der Waals surface area contributed by atoms with Gasteiger partial charge in [-0.1, -0.05) is 12.1 Å². The zero-order chi connectivity index (χ0) is 25.0. The van der Waals surface area contributed by atoms with Crippen molar-refractivity contribution in [2.45, 2.75) is 12.3 Å². The summed E-state index contributed by atoms with van der Waals surface area (Å²) in [6.07, 6.45) is 3.12. The lowest BCUT2D eigenvalue weighted by molar-refractivity contribution is -0.135. The molecule has 9 heteroatoms. The molecule has 1 aliphatic rings. The van der Waals surface area contributed by atoms with E-state index in [1.165, 1.54) is 25.3 Å². The Hall–Kier alpha value is -4.92. The first-order valence-electron chi connectivity index (χ1n) is 11.1. The average molecular weight is 482 g/mol. The second-order valence-corrected chi connectivity index (χ2v) is 8.38. The molecular weight excluding hydrogens is 464 g/mol. The summed E-state index contributed by atoms with van der Waals surface area (Å²) < 4.78 is 16.8. The SMILES string of the molecule is COc1ccc(-c2cc(=O)c3c(O)cc4c(c3o2)[C@H](c2cccc3nccnc23)CC(=O)O4)cc1O. The van der Waals surface area contributed by atoms with Gasteiger partial charge in [0.25, 0.3) is 0 Å². The van der Waals surface area contributed by atoms with E-state index in [2.05, 4.69) is 9.97 Å². The first-order chi connectivity index (χ1) is 17.4. The Morgan fingerprint density at radius 3 is 2.64 bits per heavy atom. The molecule has 0 saturated heterocycles. The van der Waals surface area contributed by atoms with Crippen molar-refractivity contribution in [3.05, 3.63) is 82.3 Å². The number of rotatable bonds is 3. The third-order valence-corrected chi connectivity index (χ3v) is 6.29. The van der Waals surface area contributed by atoms with Crippen LogP contribution < -0.4 is 14.9 Å². The second kappa shape index (κ2) is 8.09. The van der Waals surface area contributed by atoms with Crippen molar-refractivity contribution in [3.8, 4) is 34.3 Å². The van der Waals surface area contributed by atoms with Crippen molar-refractivity contribution in [1.82, 2.24) is 9.97 Å². The number of benzene rings is 3. The monoisotopic (exact) mass is 482 g/mol. The number of phenolic OH excluding ortho intramolecular Hbond substituents is 2. The maximum absolute atomic E-state index is 13.2. The average Bonchev–Trinajstić information content (AvgIpc) is 2.87. The number of carbonyl (C=O) groups is 1. The summed E-state index contributed by atoms with van der Waals surface area (Å²) >= 11 is 0. The quantitative estimate of drug-likeness (QED) is 0.286. The molecule has 36 heavy (non-hydrogen) atoms. The van der Waals surface area contributed by atoms with E-state index in [0.717, 1.165) is 0 Å². The molecule has 178 valence electrons. The first kappa shape index (κ1) is 21.6. The van der Waals surface area contributed by atoms with Gasteiger partial charge >= 0.3 is 5.97 Å². The van der Waals surface area contributed by atoms with E-state index in [4.69, 9.17) is 13.9 Å². The van der Waals surface area contributed by atoms with Crippen molar-refractivity contribution in [2.75, 3.05) is 7.11 Å². The predicted octanol–water partition coefficient (Wildman–Crippen LogP) is 4.26. The standard InChI is InChI=1S/C27H18N2O7/c1-34-20-6-5-13(9-17(20)30)21-11-18(31)25-19(32)12-22-24(27(25)36-21)15(10-23(33)35-22)14-3-2-4-16-26(14)29-8-7-28-16/h2-9,11-12,15,30,32H,10H2,1H3/t15-/m0/s1. The smallest absolute Gasteiger partial charge is 0.312 e. The van der Waals surface area contributed by atoms with Gasteiger partial charge in [0, 0.05) is 41.6 Å². The number of esters is 1. The molecule has 5 aromatic rings. The van der Waals surface area contributed by atoms with Crippen molar-refractivity contribution >= 4 is 28.0 Å². The van der Waals surface area contributed by atoms with Crippen LogP contribution in [0.1, 0.15) is 23.5 Å². The minimum Gasteiger partial charge on any atom is -0.507 e. The summed E-state index contributed by atoms with van der Waals surface area (Å²) in [5.74, 6) is -1.05. The second-order valence-electron chi connectivity index (χ2n) is 8.38. The van der Waals surface area contributed by atoms with Crippen molar-refractivity contribution in [2.24, 2.45) is 0 Å². The fraction of sp³-hybridized carbons (Fsp3) is 0.111. The maximum atomic E-state index is 13.2. The lowest BCUT2D eigenvalue weighted by atomic mass is 9.84. The summed E-state index contributed by atoms with van der Waals surface area (Å²) in [7, 11) is 1.43. The Bertz CT molecular complexity index is 1750. The molecule has 0 spiro atoms. The van der Waals surface area contributed by atoms with Gasteiger partial charge in [-0.3, -0.25) is 19.6 Å². The molecule has 0 aliphatic carbocycles. The molecule has 6 rings (SSSR count). The van der Waals surface area contributed by atoms with Gasteiger partial charge in [0.05, 0.1) is 24.6 Å². The van der Waals surface area contributed by atoms with E-state index < -0.39 is 17.3 Å². The summed E-state index contributed by atoms with van der Waals surface area (Å²) in [5, 5.41) is 20.9. The van der Waals surface area contributed by atoms with Gasteiger partial charge in [0.1, 0.15) is 28.2 Å². The summed E-state index contributed by atoms with van der Waals surface area (Å²) in [6, 6.07) is 12.6. The molecule has 2 aromatic heterocycles. The zero-order valence-electron chi connectivity index (χ0n) is 18.9. The molecular formula is C27H18N2O7. The van der Waals surface area contributed by atoms with Gasteiger partial charge in [-0.05, 0) is 29.8 Å². The van der Waals surface area contributed by atoms with Crippen molar-refractivity contribution < 1.29 is 28.9 Å². The number of ether oxygens (including phenoxy) is 2. The fourth-order valence-electron chi connectivity index (χ4n) is 4.71. The molecule has 0 unspecified atom stereocenters. The highest BCUT2D eigenvalue weighted by Crippen LogP contribution is 2.47. The largest absolute Gasteiger partial charge is 0.507 e. The molecule has 3 heterocycles. The lowest BCUT2D eigenvalue weighted by Crippen LogP contribution is -2.22. The number of nitrogens with zero attached hydrogens (tertiary/aromatic N) is 2. The van der Waals surface area contributed by atoms with Crippen LogP contribution in [0.25, 0.3) is 33.3 Å². The molecule has 3 aromatic carbocycles. The van der Waals surface area contributed by atoms with Crippen molar-refractivity contribution in [1.29, 1.82) is 0 Å². The van der Waals surface area contributed by atoms with Gasteiger partial charge in [0.2, 0.25) is 0 Å². The van der Waals surface area contributed by atoms with Gasteiger partial charge in [-0.2, -0.15) is 0 Å². The molecule has 1 atom stereocenters. The van der Waals surface area contributed by atoms with E-state index in [-0.39, 0.29) is 46.1 Å². The number of carbonyl (C=O) groups excluding carboxylic acids is 1. The minimum absolute atomic E-state index is 0.0280. The van der Waals surface area contributed by atoms with E-state index in [1.54, 1.807) is 24.5 Å². The highest BCUT2D eigenvalue weighted by molar-refractivity contribution is 5.94. The number of fused-ring (bicyclic) bond motifs is 4. The number of aromatic hydroxyl groups is 2. The van der Waals surface area contributed by atoms with Crippen LogP contribution in [0.2, 0.25) is 0 Å². The topological polar surface area (TPSA) is 132 Å².